The van der Waals surface area contributed by atoms with Crippen LogP contribution in [0.3, 0.4) is 0 Å². The minimum atomic E-state index is -3.23. The number of anilines is 1. The maximum atomic E-state index is 11.5. The van der Waals surface area contributed by atoms with Crippen LogP contribution in [0.4, 0.5) is 5.69 Å². The largest absolute Gasteiger partial charge is 0.392 e. The van der Waals surface area contributed by atoms with Crippen LogP contribution in [0.1, 0.15) is 51.1 Å². The molecule has 3 unspecified atom stereocenters. The normalized spacial score (nSPS) is 24.0. The highest BCUT2D eigenvalue weighted by atomic mass is 32.2. The van der Waals surface area contributed by atoms with Gasteiger partial charge in [0.2, 0.25) is 10.0 Å². The fourth-order valence-electron chi connectivity index (χ4n) is 2.81. The van der Waals surface area contributed by atoms with E-state index in [-0.39, 0.29) is 23.9 Å². The highest BCUT2D eigenvalue weighted by Crippen LogP contribution is 2.23. The van der Waals surface area contributed by atoms with Gasteiger partial charge in [0, 0.05) is 17.8 Å². The summed E-state index contributed by atoms with van der Waals surface area (Å²) in [6.07, 6.45) is 3.84. The monoisotopic (exact) mass is 326 g/mol. The molecule has 0 saturated heterocycles. The number of benzene rings is 1. The van der Waals surface area contributed by atoms with Crippen LogP contribution in [0, 0.1) is 0 Å². The average Bonchev–Trinajstić information content (AvgIpc) is 2.50. The van der Waals surface area contributed by atoms with Crippen molar-refractivity contribution in [2.45, 2.75) is 57.7 Å². The lowest BCUT2D eigenvalue weighted by atomic mass is 9.91. The van der Waals surface area contributed by atoms with Gasteiger partial charge in [-0.05, 0) is 44.4 Å². The van der Waals surface area contributed by atoms with Gasteiger partial charge in [-0.25, -0.2) is 8.42 Å². The highest BCUT2D eigenvalue weighted by Gasteiger charge is 2.24. The van der Waals surface area contributed by atoms with Crippen LogP contribution in [0.15, 0.2) is 24.3 Å². The second-order valence-corrected chi connectivity index (χ2v) is 7.99. The van der Waals surface area contributed by atoms with Crippen molar-refractivity contribution in [2.24, 2.45) is 0 Å². The van der Waals surface area contributed by atoms with E-state index in [1.54, 1.807) is 19.1 Å². The summed E-state index contributed by atoms with van der Waals surface area (Å²) in [5.74, 6) is 0.0618. The number of sulfonamides is 1. The summed E-state index contributed by atoms with van der Waals surface area (Å²) < 4.78 is 25.6. The van der Waals surface area contributed by atoms with Crippen LogP contribution in [-0.4, -0.2) is 31.4 Å². The van der Waals surface area contributed by atoms with E-state index >= 15 is 0 Å². The van der Waals surface area contributed by atoms with Crippen LogP contribution >= 0.6 is 0 Å². The first-order valence-electron chi connectivity index (χ1n) is 7.96. The molecule has 1 aliphatic carbocycles. The Hall–Kier alpha value is -1.11. The third-order valence-electron chi connectivity index (χ3n) is 4.26. The van der Waals surface area contributed by atoms with Crippen molar-refractivity contribution in [3.05, 3.63) is 29.8 Å². The molecule has 2 rings (SSSR count). The predicted octanol–water partition coefficient (Wildman–Crippen LogP) is 2.40. The topological polar surface area (TPSA) is 78.4 Å². The number of aliphatic hydroxyl groups excluding tert-OH is 1. The fraction of sp³-hybridized carbons (Fsp3) is 0.625. The van der Waals surface area contributed by atoms with Crippen molar-refractivity contribution in [1.82, 2.24) is 5.32 Å². The summed E-state index contributed by atoms with van der Waals surface area (Å²) in [4.78, 5) is 0. The van der Waals surface area contributed by atoms with E-state index < -0.39 is 10.0 Å². The molecule has 0 aromatic heterocycles. The van der Waals surface area contributed by atoms with Gasteiger partial charge in [0.05, 0.1) is 11.9 Å². The molecule has 1 fully saturated rings. The number of hydrogen-bond acceptors (Lipinski definition) is 4. The van der Waals surface area contributed by atoms with E-state index in [1.807, 2.05) is 12.1 Å². The lowest BCUT2D eigenvalue weighted by Gasteiger charge is -2.31. The summed E-state index contributed by atoms with van der Waals surface area (Å²) in [7, 11) is -3.23. The molecule has 0 heterocycles. The molecule has 1 aliphatic rings. The molecule has 3 N–H and O–H groups in total. The summed E-state index contributed by atoms with van der Waals surface area (Å²) in [6.45, 7) is 3.67. The smallest absolute Gasteiger partial charge is 0.232 e. The third kappa shape index (κ3) is 4.69. The number of hydrogen-bond donors (Lipinski definition) is 3. The third-order valence-corrected chi connectivity index (χ3v) is 5.56. The Morgan fingerprint density at radius 3 is 2.45 bits per heavy atom. The van der Waals surface area contributed by atoms with E-state index in [0.717, 1.165) is 31.2 Å². The zero-order valence-electron chi connectivity index (χ0n) is 13.2. The van der Waals surface area contributed by atoms with Gasteiger partial charge in [0.25, 0.3) is 0 Å². The first kappa shape index (κ1) is 17.2. The van der Waals surface area contributed by atoms with E-state index in [9.17, 15) is 13.5 Å². The first-order valence-corrected chi connectivity index (χ1v) is 9.61. The summed E-state index contributed by atoms with van der Waals surface area (Å²) in [5.41, 5.74) is 1.66. The minimum Gasteiger partial charge on any atom is -0.392 e. The zero-order valence-corrected chi connectivity index (χ0v) is 14.1. The molecular formula is C16H26N2O3S. The maximum Gasteiger partial charge on any atom is 0.232 e. The molecule has 22 heavy (non-hydrogen) atoms. The van der Waals surface area contributed by atoms with Crippen molar-refractivity contribution in [3.8, 4) is 0 Å². The van der Waals surface area contributed by atoms with Gasteiger partial charge in [0.15, 0.2) is 0 Å². The molecule has 0 bridgehead atoms. The Bertz CT molecular complexity index is 572. The highest BCUT2D eigenvalue weighted by molar-refractivity contribution is 7.92. The Morgan fingerprint density at radius 1 is 1.23 bits per heavy atom. The summed E-state index contributed by atoms with van der Waals surface area (Å²) >= 11 is 0. The quantitative estimate of drug-likeness (QED) is 0.750. The zero-order chi connectivity index (χ0) is 16.2. The first-order chi connectivity index (χ1) is 10.4. The van der Waals surface area contributed by atoms with Gasteiger partial charge in [0.1, 0.15) is 0 Å². The molecule has 0 spiro atoms. The Balaban J connectivity index is 1.97. The average molecular weight is 326 g/mol. The van der Waals surface area contributed by atoms with Crippen molar-refractivity contribution in [2.75, 3.05) is 10.5 Å². The second-order valence-electron chi connectivity index (χ2n) is 5.97. The number of nitrogens with one attached hydrogen (secondary N) is 2. The summed E-state index contributed by atoms with van der Waals surface area (Å²) in [6, 6.07) is 7.65. The number of aliphatic hydroxyl groups is 1. The van der Waals surface area contributed by atoms with Gasteiger partial charge in [-0.2, -0.15) is 0 Å². The van der Waals surface area contributed by atoms with Crippen molar-refractivity contribution >= 4 is 15.7 Å². The van der Waals surface area contributed by atoms with E-state index in [4.69, 9.17) is 0 Å². The molecule has 3 atom stereocenters. The Morgan fingerprint density at radius 2 is 1.86 bits per heavy atom. The Labute approximate surface area is 133 Å². The van der Waals surface area contributed by atoms with Gasteiger partial charge in [-0.15, -0.1) is 0 Å². The SMILES string of the molecule is CCS(=O)(=O)Nc1ccc(C(C)NC2CCCCC2O)cc1. The second kappa shape index (κ2) is 7.44. The maximum absolute atomic E-state index is 11.5. The molecular weight excluding hydrogens is 300 g/mol. The van der Waals surface area contributed by atoms with Crippen LogP contribution in [-0.2, 0) is 10.0 Å². The molecule has 6 heteroatoms. The number of rotatable bonds is 6. The molecule has 0 radical (unpaired) electrons. The van der Waals surface area contributed by atoms with Crippen LogP contribution < -0.4 is 10.0 Å². The summed E-state index contributed by atoms with van der Waals surface area (Å²) in [5, 5.41) is 13.5. The lowest BCUT2D eigenvalue weighted by Crippen LogP contribution is -2.43. The van der Waals surface area contributed by atoms with E-state index in [1.165, 1.54) is 0 Å². The van der Waals surface area contributed by atoms with E-state index in [2.05, 4.69) is 17.0 Å². The van der Waals surface area contributed by atoms with Gasteiger partial charge < -0.3 is 10.4 Å². The molecule has 1 saturated carbocycles. The van der Waals surface area contributed by atoms with Gasteiger partial charge >= 0.3 is 0 Å². The van der Waals surface area contributed by atoms with Gasteiger partial charge in [-0.3, -0.25) is 4.72 Å². The lowest BCUT2D eigenvalue weighted by molar-refractivity contribution is 0.0860. The standard InChI is InChI=1S/C16H26N2O3S/c1-3-22(20,21)18-14-10-8-13(9-11-14)12(2)17-15-6-4-5-7-16(15)19/h8-12,15-19H,3-7H2,1-2H3. The van der Waals surface area contributed by atoms with Crippen LogP contribution in [0.5, 0.6) is 0 Å². The molecule has 0 aliphatic heterocycles. The fourth-order valence-corrected chi connectivity index (χ4v) is 3.45. The Kier molecular flexibility index (Phi) is 5.83. The molecule has 124 valence electrons. The van der Waals surface area contributed by atoms with Crippen molar-refractivity contribution in [1.29, 1.82) is 0 Å². The molecule has 1 aromatic rings. The van der Waals surface area contributed by atoms with E-state index in [0.29, 0.717) is 5.69 Å². The van der Waals surface area contributed by atoms with Gasteiger partial charge in [-0.1, -0.05) is 25.0 Å². The van der Waals surface area contributed by atoms with Crippen LogP contribution in [0.2, 0.25) is 0 Å². The molecule has 0 amide bonds. The van der Waals surface area contributed by atoms with Crippen molar-refractivity contribution < 1.29 is 13.5 Å². The minimum absolute atomic E-state index is 0.0618. The molecule has 5 nitrogen and oxygen atoms in total. The molecule has 1 aromatic carbocycles. The van der Waals surface area contributed by atoms with Crippen molar-refractivity contribution in [3.63, 3.8) is 0 Å². The predicted molar refractivity (Wildman–Crippen MR) is 89.3 cm³/mol. The van der Waals surface area contributed by atoms with Crippen LogP contribution in [0.25, 0.3) is 0 Å².